The number of benzene rings is 3. The lowest BCUT2D eigenvalue weighted by Gasteiger charge is -2.11. The highest BCUT2D eigenvalue weighted by molar-refractivity contribution is 5.89. The molecule has 1 heterocycles. The van der Waals surface area contributed by atoms with Crippen LogP contribution < -0.4 is 4.74 Å². The molecule has 0 radical (unpaired) electrons. The Kier molecular flexibility index (Phi) is 5.89. The lowest BCUT2D eigenvalue weighted by Crippen LogP contribution is -2.02. The van der Waals surface area contributed by atoms with E-state index in [0.29, 0.717) is 0 Å². The van der Waals surface area contributed by atoms with Crippen molar-refractivity contribution < 1.29 is 4.74 Å². The molecule has 0 aliphatic heterocycles. The third-order valence-electron chi connectivity index (χ3n) is 6.16. The van der Waals surface area contributed by atoms with Gasteiger partial charge in [0.1, 0.15) is 5.75 Å². The highest BCUT2D eigenvalue weighted by Gasteiger charge is 2.17. The molecular weight excluding hydrogens is 354 g/mol. The standard InChI is InChI=1S/C27H31NO/c1-4-5-6-7-15-24-25-19-22(29-3)16-17-26(25)28(2)27(24)18-21-13-10-12-20-11-8-9-14-23(20)21/h8-14,16-17,19H,4-7,15,18H2,1-3H3. The van der Waals surface area contributed by atoms with E-state index in [0.717, 1.165) is 18.6 Å². The molecule has 0 spiro atoms. The van der Waals surface area contributed by atoms with E-state index in [4.69, 9.17) is 4.74 Å². The van der Waals surface area contributed by atoms with Crippen LogP contribution in [0, 0.1) is 0 Å². The van der Waals surface area contributed by atoms with Gasteiger partial charge < -0.3 is 9.30 Å². The van der Waals surface area contributed by atoms with Crippen LogP contribution in [0.5, 0.6) is 5.75 Å². The predicted molar refractivity (Wildman–Crippen MR) is 124 cm³/mol. The molecule has 0 saturated heterocycles. The fraction of sp³-hybridized carbons (Fsp3) is 0.333. The van der Waals surface area contributed by atoms with Crippen molar-refractivity contribution in [3.8, 4) is 5.75 Å². The topological polar surface area (TPSA) is 14.2 Å². The van der Waals surface area contributed by atoms with Crippen molar-refractivity contribution in [3.05, 3.63) is 77.5 Å². The van der Waals surface area contributed by atoms with Gasteiger partial charge in [-0.3, -0.25) is 0 Å². The summed E-state index contributed by atoms with van der Waals surface area (Å²) in [6, 6.07) is 21.9. The first-order valence-corrected chi connectivity index (χ1v) is 10.8. The van der Waals surface area contributed by atoms with E-state index in [9.17, 15) is 0 Å². The largest absolute Gasteiger partial charge is 0.497 e. The second-order valence-electron chi connectivity index (χ2n) is 7.99. The number of ether oxygens (including phenoxy) is 1. The minimum atomic E-state index is 0.939. The van der Waals surface area contributed by atoms with Crippen LogP contribution in [0.4, 0.5) is 0 Å². The summed E-state index contributed by atoms with van der Waals surface area (Å²) in [5.41, 5.74) is 5.62. The Labute approximate surface area is 174 Å². The minimum Gasteiger partial charge on any atom is -0.497 e. The SMILES string of the molecule is CCCCCCc1c(Cc2cccc3ccccc23)n(C)c2ccc(OC)cc12. The second kappa shape index (κ2) is 8.73. The Morgan fingerprint density at radius 3 is 2.52 bits per heavy atom. The molecule has 0 saturated carbocycles. The third kappa shape index (κ3) is 3.89. The molecule has 150 valence electrons. The molecule has 29 heavy (non-hydrogen) atoms. The molecule has 4 aromatic rings. The van der Waals surface area contributed by atoms with Crippen LogP contribution in [0.2, 0.25) is 0 Å². The number of nitrogens with zero attached hydrogens (tertiary/aromatic N) is 1. The molecule has 0 bridgehead atoms. The van der Waals surface area contributed by atoms with Gasteiger partial charge in [0.25, 0.3) is 0 Å². The van der Waals surface area contributed by atoms with Crippen LogP contribution in [0.25, 0.3) is 21.7 Å². The third-order valence-corrected chi connectivity index (χ3v) is 6.16. The normalized spacial score (nSPS) is 11.4. The predicted octanol–water partition coefficient (Wildman–Crippen LogP) is 7.05. The van der Waals surface area contributed by atoms with E-state index in [2.05, 4.69) is 79.2 Å². The smallest absolute Gasteiger partial charge is 0.119 e. The highest BCUT2D eigenvalue weighted by Crippen LogP contribution is 2.33. The Bertz CT molecular complexity index is 1120. The van der Waals surface area contributed by atoms with Gasteiger partial charge in [-0.2, -0.15) is 0 Å². The van der Waals surface area contributed by atoms with E-state index in [1.165, 1.54) is 64.2 Å². The molecule has 0 unspecified atom stereocenters. The van der Waals surface area contributed by atoms with Gasteiger partial charge >= 0.3 is 0 Å². The fourth-order valence-electron chi connectivity index (χ4n) is 4.54. The van der Waals surface area contributed by atoms with Crippen LogP contribution in [0.1, 0.15) is 49.4 Å². The van der Waals surface area contributed by atoms with Crippen LogP contribution >= 0.6 is 0 Å². The first-order chi connectivity index (χ1) is 14.2. The van der Waals surface area contributed by atoms with Crippen LogP contribution in [-0.4, -0.2) is 11.7 Å². The van der Waals surface area contributed by atoms with Crippen molar-refractivity contribution in [1.82, 2.24) is 4.57 Å². The maximum Gasteiger partial charge on any atom is 0.119 e. The summed E-state index contributed by atoms with van der Waals surface area (Å²) in [6.45, 7) is 2.27. The Hall–Kier alpha value is -2.74. The lowest BCUT2D eigenvalue weighted by molar-refractivity contribution is 0.415. The molecule has 2 nitrogen and oxygen atoms in total. The first kappa shape index (κ1) is 19.6. The van der Waals surface area contributed by atoms with E-state index in [-0.39, 0.29) is 0 Å². The van der Waals surface area contributed by atoms with Gasteiger partial charge in [-0.25, -0.2) is 0 Å². The summed E-state index contributed by atoms with van der Waals surface area (Å²) < 4.78 is 7.93. The molecule has 0 aliphatic carbocycles. The fourth-order valence-corrected chi connectivity index (χ4v) is 4.54. The molecule has 2 heteroatoms. The zero-order valence-electron chi connectivity index (χ0n) is 17.9. The Morgan fingerprint density at radius 2 is 1.69 bits per heavy atom. The van der Waals surface area contributed by atoms with Crippen molar-refractivity contribution in [1.29, 1.82) is 0 Å². The maximum atomic E-state index is 5.54. The highest BCUT2D eigenvalue weighted by atomic mass is 16.5. The summed E-state index contributed by atoms with van der Waals surface area (Å²) in [7, 11) is 3.97. The number of unbranched alkanes of at least 4 members (excludes halogenated alkanes) is 3. The van der Waals surface area contributed by atoms with Crippen molar-refractivity contribution >= 4 is 21.7 Å². The van der Waals surface area contributed by atoms with E-state index in [1.807, 2.05) is 0 Å². The number of hydrogen-bond acceptors (Lipinski definition) is 1. The number of aryl methyl sites for hydroxylation is 2. The maximum absolute atomic E-state index is 5.54. The average molecular weight is 386 g/mol. The van der Waals surface area contributed by atoms with Crippen LogP contribution in [0.3, 0.4) is 0 Å². The molecule has 4 rings (SSSR count). The molecule has 3 aromatic carbocycles. The summed E-state index contributed by atoms with van der Waals surface area (Å²) in [6.07, 6.45) is 7.21. The molecule has 0 amide bonds. The number of aromatic nitrogens is 1. The van der Waals surface area contributed by atoms with E-state index in [1.54, 1.807) is 7.11 Å². The first-order valence-electron chi connectivity index (χ1n) is 10.8. The van der Waals surface area contributed by atoms with Gasteiger partial charge in [0.05, 0.1) is 7.11 Å². The minimum absolute atomic E-state index is 0.939. The van der Waals surface area contributed by atoms with Gasteiger partial charge in [-0.1, -0.05) is 68.7 Å². The number of fused-ring (bicyclic) bond motifs is 2. The molecule has 1 aromatic heterocycles. The molecule has 0 N–H and O–H groups in total. The van der Waals surface area contributed by atoms with Gasteiger partial charge in [0.2, 0.25) is 0 Å². The molecule has 0 fully saturated rings. The monoisotopic (exact) mass is 385 g/mol. The number of methoxy groups -OCH3 is 1. The van der Waals surface area contributed by atoms with Gasteiger partial charge in [-0.15, -0.1) is 0 Å². The molecule has 0 aliphatic rings. The zero-order valence-corrected chi connectivity index (χ0v) is 17.9. The van der Waals surface area contributed by atoms with Gasteiger partial charge in [0.15, 0.2) is 0 Å². The number of hydrogen-bond donors (Lipinski definition) is 0. The summed E-state index contributed by atoms with van der Waals surface area (Å²) in [4.78, 5) is 0. The van der Waals surface area contributed by atoms with E-state index >= 15 is 0 Å². The second-order valence-corrected chi connectivity index (χ2v) is 7.99. The lowest BCUT2D eigenvalue weighted by atomic mass is 9.96. The summed E-state index contributed by atoms with van der Waals surface area (Å²) >= 11 is 0. The average Bonchev–Trinajstić information content (AvgIpc) is 3.02. The van der Waals surface area contributed by atoms with Crippen molar-refractivity contribution in [3.63, 3.8) is 0 Å². The summed E-state index contributed by atoms with van der Waals surface area (Å²) in [5, 5.41) is 4.02. The molecule has 0 atom stereocenters. The quantitative estimate of drug-likeness (QED) is 0.296. The van der Waals surface area contributed by atoms with Crippen molar-refractivity contribution in [2.24, 2.45) is 7.05 Å². The van der Waals surface area contributed by atoms with Crippen LogP contribution in [0.15, 0.2) is 60.7 Å². The van der Waals surface area contributed by atoms with Crippen LogP contribution in [-0.2, 0) is 19.9 Å². The Morgan fingerprint density at radius 1 is 0.862 bits per heavy atom. The Balaban J connectivity index is 1.80. The van der Waals surface area contributed by atoms with Gasteiger partial charge in [-0.05, 0) is 52.9 Å². The molecular formula is C27H31NO. The van der Waals surface area contributed by atoms with Crippen molar-refractivity contribution in [2.45, 2.75) is 45.4 Å². The zero-order chi connectivity index (χ0) is 20.2. The van der Waals surface area contributed by atoms with E-state index < -0.39 is 0 Å². The van der Waals surface area contributed by atoms with Gasteiger partial charge in [0, 0.05) is 30.1 Å². The summed E-state index contributed by atoms with van der Waals surface area (Å²) in [5.74, 6) is 0.939. The number of rotatable bonds is 8. The van der Waals surface area contributed by atoms with Crippen molar-refractivity contribution in [2.75, 3.05) is 7.11 Å².